The number of unbranched alkanes of at least 4 members (excludes halogenated alkanes) is 1. The molecule has 2 N–H and O–H groups in total. The summed E-state index contributed by atoms with van der Waals surface area (Å²) in [5.74, 6) is 1.77. The summed E-state index contributed by atoms with van der Waals surface area (Å²) in [7, 11) is 0. The van der Waals surface area contributed by atoms with Crippen LogP contribution in [0.5, 0.6) is 11.5 Å². The summed E-state index contributed by atoms with van der Waals surface area (Å²) in [6.07, 6.45) is 1.87. The van der Waals surface area contributed by atoms with Gasteiger partial charge in [0.2, 0.25) is 5.91 Å². The molecule has 170 valence electrons. The fourth-order valence-corrected chi connectivity index (χ4v) is 3.31. The lowest BCUT2D eigenvalue weighted by atomic mass is 10.2. The summed E-state index contributed by atoms with van der Waals surface area (Å²) in [6, 6.07) is 13.5. The molecule has 0 bridgehead atoms. The maximum atomic E-state index is 12.9. The fourth-order valence-electron chi connectivity index (χ4n) is 3.09. The number of carbonyl (C=O) groups is 1. The Labute approximate surface area is 191 Å². The Morgan fingerprint density at radius 3 is 2.50 bits per heavy atom. The summed E-state index contributed by atoms with van der Waals surface area (Å²) < 4.78 is 26.2. The highest BCUT2D eigenvalue weighted by atomic mass is 32.1. The maximum Gasteiger partial charge on any atom is 0.221 e. The lowest BCUT2D eigenvalue weighted by molar-refractivity contribution is -0.121. The minimum absolute atomic E-state index is 0.0507. The van der Waals surface area contributed by atoms with Crippen LogP contribution in [0.4, 0.5) is 4.39 Å². The quantitative estimate of drug-likeness (QED) is 0.308. The molecule has 32 heavy (non-hydrogen) atoms. The highest BCUT2D eigenvalue weighted by Gasteiger charge is 2.11. The van der Waals surface area contributed by atoms with Crippen molar-refractivity contribution in [3.8, 4) is 22.9 Å². The molecule has 0 aliphatic heterocycles. The predicted molar refractivity (Wildman–Crippen MR) is 123 cm³/mol. The summed E-state index contributed by atoms with van der Waals surface area (Å²) in [6.45, 7) is 4.04. The van der Waals surface area contributed by atoms with E-state index in [1.807, 2.05) is 35.8 Å². The van der Waals surface area contributed by atoms with Crippen LogP contribution in [-0.4, -0.2) is 40.4 Å². The molecule has 1 amide bonds. The molecule has 0 saturated carbocycles. The Hall–Kier alpha value is -3.20. The second kappa shape index (κ2) is 12.0. The van der Waals surface area contributed by atoms with Crippen LogP contribution in [0.25, 0.3) is 11.4 Å². The van der Waals surface area contributed by atoms with Crippen molar-refractivity contribution in [1.82, 2.24) is 20.1 Å². The zero-order chi connectivity index (χ0) is 22.8. The van der Waals surface area contributed by atoms with Gasteiger partial charge in [0, 0.05) is 25.1 Å². The van der Waals surface area contributed by atoms with Gasteiger partial charge in [-0.05, 0) is 80.5 Å². The number of nitrogens with one attached hydrogen (secondary N) is 2. The Bertz CT molecular complexity index is 1050. The van der Waals surface area contributed by atoms with E-state index in [4.69, 9.17) is 21.7 Å². The monoisotopic (exact) mass is 458 g/mol. The number of rotatable bonds is 12. The Morgan fingerprint density at radius 1 is 1.09 bits per heavy atom. The molecular formula is C23H27FN4O3S. The molecule has 3 rings (SSSR count). The number of hydrogen-bond donors (Lipinski definition) is 2. The van der Waals surface area contributed by atoms with Crippen LogP contribution in [-0.2, 0) is 11.3 Å². The molecule has 1 heterocycles. The van der Waals surface area contributed by atoms with E-state index < -0.39 is 0 Å². The average molecular weight is 459 g/mol. The van der Waals surface area contributed by atoms with Crippen molar-refractivity contribution in [2.75, 3.05) is 19.8 Å². The van der Waals surface area contributed by atoms with Crippen molar-refractivity contribution < 1.29 is 18.7 Å². The number of hydrogen-bond acceptors (Lipinski definition) is 5. The highest BCUT2D eigenvalue weighted by Crippen LogP contribution is 2.21. The van der Waals surface area contributed by atoms with Gasteiger partial charge in [-0.3, -0.25) is 14.5 Å². The average Bonchev–Trinajstić information content (AvgIpc) is 3.17. The normalized spacial score (nSPS) is 10.7. The van der Waals surface area contributed by atoms with E-state index in [-0.39, 0.29) is 11.7 Å². The van der Waals surface area contributed by atoms with Gasteiger partial charge in [-0.25, -0.2) is 4.39 Å². The number of amides is 1. The van der Waals surface area contributed by atoms with Crippen LogP contribution in [0, 0.1) is 10.6 Å². The van der Waals surface area contributed by atoms with Crippen LogP contribution >= 0.6 is 12.2 Å². The summed E-state index contributed by atoms with van der Waals surface area (Å²) in [5, 5.41) is 10.0. The maximum absolute atomic E-state index is 12.9. The fraction of sp³-hybridized carbons (Fsp3) is 0.348. The van der Waals surface area contributed by atoms with Crippen molar-refractivity contribution in [1.29, 1.82) is 0 Å². The molecule has 0 spiro atoms. The Morgan fingerprint density at radius 2 is 1.78 bits per heavy atom. The summed E-state index contributed by atoms with van der Waals surface area (Å²) in [4.78, 5) is 12.2. The molecule has 2 aromatic carbocycles. The van der Waals surface area contributed by atoms with Crippen molar-refractivity contribution in [3.63, 3.8) is 0 Å². The first-order chi connectivity index (χ1) is 15.6. The van der Waals surface area contributed by atoms with Gasteiger partial charge in [-0.1, -0.05) is 0 Å². The molecule has 1 aromatic heterocycles. The lowest BCUT2D eigenvalue weighted by Crippen LogP contribution is -2.25. The molecule has 0 unspecified atom stereocenters. The van der Waals surface area contributed by atoms with E-state index >= 15 is 0 Å². The van der Waals surface area contributed by atoms with Gasteiger partial charge in [0.25, 0.3) is 0 Å². The molecule has 0 aliphatic carbocycles. The van der Waals surface area contributed by atoms with E-state index in [0.717, 1.165) is 24.2 Å². The van der Waals surface area contributed by atoms with Gasteiger partial charge in [0.1, 0.15) is 17.3 Å². The van der Waals surface area contributed by atoms with Crippen LogP contribution < -0.4 is 14.8 Å². The number of halogens is 1. The largest absolute Gasteiger partial charge is 0.494 e. The minimum atomic E-state index is -0.289. The topological polar surface area (TPSA) is 81.2 Å². The van der Waals surface area contributed by atoms with Crippen molar-refractivity contribution >= 4 is 18.1 Å². The second-order valence-electron chi connectivity index (χ2n) is 7.07. The summed E-state index contributed by atoms with van der Waals surface area (Å²) >= 11 is 5.33. The first-order valence-corrected chi connectivity index (χ1v) is 11.0. The molecule has 0 atom stereocenters. The van der Waals surface area contributed by atoms with E-state index in [1.54, 1.807) is 12.1 Å². The van der Waals surface area contributed by atoms with E-state index in [9.17, 15) is 9.18 Å². The zero-order valence-corrected chi connectivity index (χ0v) is 18.8. The molecule has 0 aliphatic rings. The lowest BCUT2D eigenvalue weighted by Gasteiger charge is -2.09. The first-order valence-electron chi connectivity index (χ1n) is 10.6. The van der Waals surface area contributed by atoms with Crippen molar-refractivity contribution in [3.05, 3.63) is 59.1 Å². The van der Waals surface area contributed by atoms with Gasteiger partial charge in [-0.15, -0.1) is 0 Å². The van der Waals surface area contributed by atoms with E-state index in [1.165, 1.54) is 12.1 Å². The number of aromatic amines is 1. The number of aromatic nitrogens is 3. The van der Waals surface area contributed by atoms with Gasteiger partial charge in [0.05, 0.1) is 13.2 Å². The van der Waals surface area contributed by atoms with Crippen LogP contribution in [0.1, 0.15) is 26.2 Å². The van der Waals surface area contributed by atoms with Crippen molar-refractivity contribution in [2.45, 2.75) is 32.7 Å². The molecule has 7 nitrogen and oxygen atoms in total. The molecule has 0 saturated heterocycles. The molecule has 0 radical (unpaired) electrons. The number of benzene rings is 2. The van der Waals surface area contributed by atoms with Gasteiger partial charge in [-0.2, -0.15) is 5.10 Å². The SMILES string of the molecule is CCOc1ccc(-c2n[nH]c(=S)n2CCC(=O)NCCCCOc2ccc(F)cc2)cc1. The van der Waals surface area contributed by atoms with Gasteiger partial charge >= 0.3 is 0 Å². The highest BCUT2D eigenvalue weighted by molar-refractivity contribution is 7.71. The van der Waals surface area contributed by atoms with Gasteiger partial charge in [0.15, 0.2) is 10.6 Å². The van der Waals surface area contributed by atoms with E-state index in [2.05, 4.69) is 15.5 Å². The Kier molecular flexibility index (Phi) is 8.79. The summed E-state index contributed by atoms with van der Waals surface area (Å²) in [5.41, 5.74) is 0.891. The Balaban J connectivity index is 1.39. The number of carbonyl (C=O) groups excluding carboxylic acids is 1. The second-order valence-corrected chi connectivity index (χ2v) is 7.46. The predicted octanol–water partition coefficient (Wildman–Crippen LogP) is 4.51. The third-order valence-corrected chi connectivity index (χ3v) is 5.03. The number of H-pyrrole nitrogens is 1. The zero-order valence-electron chi connectivity index (χ0n) is 18.0. The van der Waals surface area contributed by atoms with Crippen LogP contribution in [0.3, 0.4) is 0 Å². The standard InChI is InChI=1S/C23H27FN4O3S/c1-2-30-19-9-5-17(6-10-19)22-26-27-23(32)28(22)15-13-21(29)25-14-3-4-16-31-20-11-7-18(24)8-12-20/h5-12H,2-4,13-16H2,1H3,(H,25,29)(H,27,32). The number of ether oxygens (including phenoxy) is 2. The third kappa shape index (κ3) is 6.91. The number of nitrogens with zero attached hydrogens (tertiary/aromatic N) is 2. The van der Waals surface area contributed by atoms with Crippen LogP contribution in [0.2, 0.25) is 0 Å². The molecule has 3 aromatic rings. The molecular weight excluding hydrogens is 431 g/mol. The first kappa shape index (κ1) is 23.5. The smallest absolute Gasteiger partial charge is 0.221 e. The van der Waals surface area contributed by atoms with Gasteiger partial charge < -0.3 is 14.8 Å². The van der Waals surface area contributed by atoms with Crippen LogP contribution in [0.15, 0.2) is 48.5 Å². The molecule has 0 fully saturated rings. The molecule has 9 heteroatoms. The third-order valence-electron chi connectivity index (χ3n) is 4.72. The van der Waals surface area contributed by atoms with Crippen molar-refractivity contribution in [2.24, 2.45) is 0 Å². The minimum Gasteiger partial charge on any atom is -0.494 e. The van der Waals surface area contributed by atoms with E-state index in [0.29, 0.717) is 49.1 Å².